The Morgan fingerprint density at radius 1 is 1.39 bits per heavy atom. The maximum atomic E-state index is 12.3. The molecule has 1 aliphatic rings. The highest BCUT2D eigenvalue weighted by Crippen LogP contribution is 2.19. The number of nitrogens with one attached hydrogen (secondary N) is 1. The van der Waals surface area contributed by atoms with Gasteiger partial charge in [0.05, 0.1) is 5.92 Å². The minimum Gasteiger partial charge on any atom is -0.316 e. The maximum Gasteiger partial charge on any atom is 0.231 e. The summed E-state index contributed by atoms with van der Waals surface area (Å²) >= 11 is 0. The summed E-state index contributed by atoms with van der Waals surface area (Å²) < 4.78 is 0. The number of carbonyl (C=O) groups is 1. The fourth-order valence-corrected chi connectivity index (χ4v) is 2.42. The van der Waals surface area contributed by atoms with E-state index in [0.717, 1.165) is 38.0 Å². The van der Waals surface area contributed by atoms with Crippen LogP contribution in [0.3, 0.4) is 0 Å². The number of nitrogens with zero attached hydrogens (tertiary/aromatic N) is 1. The number of hydrogen-bond donors (Lipinski definition) is 1. The number of piperidine rings is 1. The van der Waals surface area contributed by atoms with Gasteiger partial charge in [0.2, 0.25) is 5.91 Å². The molecule has 1 aromatic carbocycles. The Balaban J connectivity index is 2.04. The van der Waals surface area contributed by atoms with Gasteiger partial charge in [-0.1, -0.05) is 19.1 Å². The van der Waals surface area contributed by atoms with Gasteiger partial charge in [-0.3, -0.25) is 4.79 Å². The quantitative estimate of drug-likeness (QED) is 0.887. The van der Waals surface area contributed by atoms with Crippen molar-refractivity contribution >= 4 is 11.6 Å². The second kappa shape index (κ2) is 6.01. The largest absolute Gasteiger partial charge is 0.316 e. The van der Waals surface area contributed by atoms with Gasteiger partial charge in [-0.2, -0.15) is 0 Å². The van der Waals surface area contributed by atoms with Gasteiger partial charge < -0.3 is 10.2 Å². The van der Waals surface area contributed by atoms with Gasteiger partial charge in [-0.15, -0.1) is 0 Å². The average molecular weight is 246 g/mol. The molecule has 98 valence electrons. The van der Waals surface area contributed by atoms with E-state index in [0.29, 0.717) is 0 Å². The van der Waals surface area contributed by atoms with Crippen LogP contribution in [-0.4, -0.2) is 26.0 Å². The fraction of sp³-hybridized carbons (Fsp3) is 0.533. The lowest BCUT2D eigenvalue weighted by Gasteiger charge is -2.27. The van der Waals surface area contributed by atoms with Gasteiger partial charge in [0.1, 0.15) is 0 Å². The Kier molecular flexibility index (Phi) is 4.37. The van der Waals surface area contributed by atoms with Gasteiger partial charge in [-0.25, -0.2) is 0 Å². The molecular weight excluding hydrogens is 224 g/mol. The van der Waals surface area contributed by atoms with Crippen molar-refractivity contribution in [3.05, 3.63) is 29.8 Å². The van der Waals surface area contributed by atoms with Crippen molar-refractivity contribution in [3.8, 4) is 0 Å². The molecule has 0 unspecified atom stereocenters. The molecule has 0 radical (unpaired) electrons. The second-order valence-electron chi connectivity index (χ2n) is 4.96. The molecule has 2 rings (SSSR count). The van der Waals surface area contributed by atoms with Crippen LogP contribution in [0.1, 0.15) is 25.3 Å². The third-order valence-corrected chi connectivity index (χ3v) is 3.71. The van der Waals surface area contributed by atoms with E-state index in [-0.39, 0.29) is 11.8 Å². The molecule has 0 saturated carbocycles. The Morgan fingerprint density at radius 3 is 2.67 bits per heavy atom. The summed E-state index contributed by atoms with van der Waals surface area (Å²) in [5, 5.41) is 3.29. The number of hydrogen-bond acceptors (Lipinski definition) is 2. The van der Waals surface area contributed by atoms with Crippen LogP contribution in [0.5, 0.6) is 0 Å². The molecule has 1 saturated heterocycles. The van der Waals surface area contributed by atoms with E-state index in [4.69, 9.17) is 0 Å². The van der Waals surface area contributed by atoms with Crippen molar-refractivity contribution in [2.45, 2.75) is 26.2 Å². The molecule has 1 amide bonds. The first kappa shape index (κ1) is 13.1. The molecule has 3 nitrogen and oxygen atoms in total. The highest BCUT2D eigenvalue weighted by molar-refractivity contribution is 5.94. The molecule has 0 aromatic heterocycles. The molecule has 0 spiro atoms. The average Bonchev–Trinajstić information content (AvgIpc) is 2.47. The molecule has 18 heavy (non-hydrogen) atoms. The predicted octanol–water partition coefficient (Wildman–Crippen LogP) is 2.21. The normalized spacial score (nSPS) is 19.6. The van der Waals surface area contributed by atoms with E-state index in [1.807, 2.05) is 19.2 Å². The smallest absolute Gasteiger partial charge is 0.231 e. The van der Waals surface area contributed by atoms with Gasteiger partial charge in [0.25, 0.3) is 0 Å². The fourth-order valence-electron chi connectivity index (χ4n) is 2.42. The highest BCUT2D eigenvalue weighted by Gasteiger charge is 2.24. The Hall–Kier alpha value is -1.35. The SMILES string of the molecule is CCc1ccc(N(C)C(=O)[C@H]2CCCNC2)cc1. The summed E-state index contributed by atoms with van der Waals surface area (Å²) in [5.41, 5.74) is 2.29. The summed E-state index contributed by atoms with van der Waals surface area (Å²) in [6, 6.07) is 8.26. The number of rotatable bonds is 3. The first-order valence-corrected chi connectivity index (χ1v) is 6.79. The van der Waals surface area contributed by atoms with Crippen molar-refractivity contribution in [3.63, 3.8) is 0 Å². The van der Waals surface area contributed by atoms with Gasteiger partial charge in [0, 0.05) is 19.3 Å². The molecule has 1 aliphatic heterocycles. The number of amides is 1. The Morgan fingerprint density at radius 2 is 2.11 bits per heavy atom. The zero-order chi connectivity index (χ0) is 13.0. The van der Waals surface area contributed by atoms with Crippen LogP contribution in [0.2, 0.25) is 0 Å². The van der Waals surface area contributed by atoms with Crippen LogP contribution in [0.25, 0.3) is 0 Å². The van der Waals surface area contributed by atoms with Gasteiger partial charge in [0.15, 0.2) is 0 Å². The lowest BCUT2D eigenvalue weighted by molar-refractivity contribution is -0.122. The first-order valence-electron chi connectivity index (χ1n) is 6.79. The van der Waals surface area contributed by atoms with Crippen molar-refractivity contribution < 1.29 is 4.79 Å². The van der Waals surface area contributed by atoms with Crippen molar-refractivity contribution in [1.82, 2.24) is 5.32 Å². The summed E-state index contributed by atoms with van der Waals surface area (Å²) in [6.07, 6.45) is 3.13. The highest BCUT2D eigenvalue weighted by atomic mass is 16.2. The number of anilines is 1. The maximum absolute atomic E-state index is 12.3. The van der Waals surface area contributed by atoms with E-state index in [9.17, 15) is 4.79 Å². The summed E-state index contributed by atoms with van der Waals surface area (Å²) in [6.45, 7) is 3.99. The second-order valence-corrected chi connectivity index (χ2v) is 4.96. The molecule has 1 N–H and O–H groups in total. The Bertz CT molecular complexity index is 393. The van der Waals surface area contributed by atoms with Gasteiger partial charge in [-0.05, 0) is 43.5 Å². The van der Waals surface area contributed by atoms with Crippen molar-refractivity contribution in [2.75, 3.05) is 25.0 Å². The topological polar surface area (TPSA) is 32.3 Å². The van der Waals surface area contributed by atoms with E-state index in [2.05, 4.69) is 24.4 Å². The molecule has 0 aliphatic carbocycles. The van der Waals surface area contributed by atoms with E-state index in [1.54, 1.807) is 4.90 Å². The Labute approximate surface area is 109 Å². The van der Waals surface area contributed by atoms with Crippen LogP contribution in [0, 0.1) is 5.92 Å². The third kappa shape index (κ3) is 2.91. The van der Waals surface area contributed by atoms with Crippen molar-refractivity contribution in [1.29, 1.82) is 0 Å². The van der Waals surface area contributed by atoms with Crippen LogP contribution >= 0.6 is 0 Å². The van der Waals surface area contributed by atoms with E-state index < -0.39 is 0 Å². The van der Waals surface area contributed by atoms with Crippen LogP contribution < -0.4 is 10.2 Å². The zero-order valence-corrected chi connectivity index (χ0v) is 11.3. The predicted molar refractivity (Wildman–Crippen MR) is 74.8 cm³/mol. The molecule has 0 bridgehead atoms. The standard InChI is InChI=1S/C15H22N2O/c1-3-12-6-8-14(9-7-12)17(2)15(18)13-5-4-10-16-11-13/h6-9,13,16H,3-5,10-11H2,1-2H3/t13-/m0/s1. The van der Waals surface area contributed by atoms with Crippen LogP contribution in [0.4, 0.5) is 5.69 Å². The minimum absolute atomic E-state index is 0.134. The molecular formula is C15H22N2O. The molecule has 1 heterocycles. The molecule has 3 heteroatoms. The van der Waals surface area contributed by atoms with E-state index in [1.165, 1.54) is 5.56 Å². The molecule has 1 fully saturated rings. The summed E-state index contributed by atoms with van der Waals surface area (Å²) in [7, 11) is 1.87. The minimum atomic E-state index is 0.134. The summed E-state index contributed by atoms with van der Waals surface area (Å²) in [5.74, 6) is 0.362. The number of benzene rings is 1. The zero-order valence-electron chi connectivity index (χ0n) is 11.3. The summed E-state index contributed by atoms with van der Waals surface area (Å²) in [4.78, 5) is 14.1. The third-order valence-electron chi connectivity index (χ3n) is 3.71. The lowest BCUT2D eigenvalue weighted by Crippen LogP contribution is -2.41. The first-order chi connectivity index (χ1) is 8.72. The number of carbonyl (C=O) groups excluding carboxylic acids is 1. The monoisotopic (exact) mass is 246 g/mol. The van der Waals surface area contributed by atoms with E-state index >= 15 is 0 Å². The van der Waals surface area contributed by atoms with Crippen LogP contribution in [0.15, 0.2) is 24.3 Å². The molecule has 1 atom stereocenters. The lowest BCUT2D eigenvalue weighted by atomic mass is 9.98. The number of aryl methyl sites for hydroxylation is 1. The van der Waals surface area contributed by atoms with Crippen molar-refractivity contribution in [2.24, 2.45) is 5.92 Å². The van der Waals surface area contributed by atoms with Gasteiger partial charge >= 0.3 is 0 Å². The van der Waals surface area contributed by atoms with Crippen LogP contribution in [-0.2, 0) is 11.2 Å². The molecule has 1 aromatic rings.